The quantitative estimate of drug-likeness (QED) is 0.826. The highest BCUT2D eigenvalue weighted by molar-refractivity contribution is 7.98. The highest BCUT2D eigenvalue weighted by Gasteiger charge is 2.26. The van der Waals surface area contributed by atoms with E-state index in [4.69, 9.17) is 0 Å². The summed E-state index contributed by atoms with van der Waals surface area (Å²) in [7, 11) is 0. The maximum Gasteiger partial charge on any atom is 0.347 e. The normalized spacial score (nSPS) is 11.6. The maximum atomic E-state index is 11.4. The molecule has 5 heteroatoms. The van der Waals surface area contributed by atoms with Gasteiger partial charge in [0.25, 0.3) is 0 Å². The fraction of sp³-hybridized carbons (Fsp3) is 0.375. The van der Waals surface area contributed by atoms with Crippen molar-refractivity contribution in [1.82, 2.24) is 4.98 Å². The van der Waals surface area contributed by atoms with Gasteiger partial charge in [-0.2, -0.15) is 0 Å². The van der Waals surface area contributed by atoms with Gasteiger partial charge in [0.15, 0.2) is 0 Å². The number of carbonyl (C=O) groups is 1. The van der Waals surface area contributed by atoms with Gasteiger partial charge in [-0.15, -0.1) is 23.1 Å². The van der Waals surface area contributed by atoms with Crippen LogP contribution in [0.4, 0.5) is 0 Å². The lowest BCUT2D eigenvalue weighted by atomic mass is 9.91. The van der Waals surface area contributed by atoms with E-state index >= 15 is 0 Å². The zero-order chi connectivity index (χ0) is 15.6. The fourth-order valence-electron chi connectivity index (χ4n) is 1.86. The summed E-state index contributed by atoms with van der Waals surface area (Å²) < 4.78 is 0. The molecule has 0 unspecified atom stereocenters. The van der Waals surface area contributed by atoms with Crippen molar-refractivity contribution < 1.29 is 9.90 Å². The van der Waals surface area contributed by atoms with Gasteiger partial charge in [0.05, 0.1) is 11.4 Å². The summed E-state index contributed by atoms with van der Waals surface area (Å²) in [6, 6.07) is 8.31. The number of rotatable bonds is 4. The summed E-state index contributed by atoms with van der Waals surface area (Å²) in [6.45, 7) is 8.03. The molecule has 0 bridgehead atoms. The van der Waals surface area contributed by atoms with Gasteiger partial charge in [-0.1, -0.05) is 38.5 Å². The number of aromatic nitrogens is 1. The van der Waals surface area contributed by atoms with Gasteiger partial charge in [0.2, 0.25) is 0 Å². The molecule has 0 aliphatic carbocycles. The van der Waals surface area contributed by atoms with Crippen molar-refractivity contribution in [3.8, 4) is 0 Å². The van der Waals surface area contributed by atoms with Crippen molar-refractivity contribution in [1.29, 1.82) is 0 Å². The van der Waals surface area contributed by atoms with Crippen LogP contribution >= 0.6 is 23.1 Å². The summed E-state index contributed by atoms with van der Waals surface area (Å²) in [5, 5.41) is 10.2. The molecule has 0 atom stereocenters. The van der Waals surface area contributed by atoms with Crippen molar-refractivity contribution in [2.24, 2.45) is 0 Å². The van der Waals surface area contributed by atoms with Crippen LogP contribution in [-0.4, -0.2) is 16.1 Å². The Morgan fingerprint density at radius 1 is 1.29 bits per heavy atom. The first kappa shape index (κ1) is 16.0. The van der Waals surface area contributed by atoms with Gasteiger partial charge in [0.1, 0.15) is 9.88 Å². The molecule has 21 heavy (non-hydrogen) atoms. The second-order valence-corrected chi connectivity index (χ2v) is 8.07. The second kappa shape index (κ2) is 6.20. The molecule has 0 radical (unpaired) electrons. The van der Waals surface area contributed by atoms with Gasteiger partial charge in [-0.3, -0.25) is 0 Å². The first-order chi connectivity index (χ1) is 9.77. The standard InChI is InChI=1S/C16H19NO2S2/c1-10-5-7-11(8-6-10)20-9-12-17-14(16(2,3)4)13(21-12)15(18)19/h5-8H,9H2,1-4H3,(H,18,19). The van der Waals surface area contributed by atoms with Crippen molar-refractivity contribution >= 4 is 29.1 Å². The van der Waals surface area contributed by atoms with Crippen molar-refractivity contribution in [3.05, 3.63) is 45.4 Å². The third-order valence-corrected chi connectivity index (χ3v) is 5.21. The molecule has 0 aliphatic rings. The molecule has 0 fully saturated rings. The summed E-state index contributed by atoms with van der Waals surface area (Å²) in [5.74, 6) is -0.187. The molecule has 0 saturated carbocycles. The van der Waals surface area contributed by atoms with Crippen molar-refractivity contribution in [2.75, 3.05) is 0 Å². The molecular weight excluding hydrogens is 302 g/mol. The zero-order valence-corrected chi connectivity index (χ0v) is 14.3. The van der Waals surface area contributed by atoms with E-state index < -0.39 is 5.97 Å². The Balaban J connectivity index is 2.17. The number of aryl methyl sites for hydroxylation is 1. The van der Waals surface area contributed by atoms with Gasteiger partial charge in [-0.25, -0.2) is 9.78 Å². The van der Waals surface area contributed by atoms with E-state index in [2.05, 4.69) is 36.2 Å². The van der Waals surface area contributed by atoms with E-state index in [9.17, 15) is 9.90 Å². The highest BCUT2D eigenvalue weighted by atomic mass is 32.2. The van der Waals surface area contributed by atoms with Crippen LogP contribution in [0, 0.1) is 6.92 Å². The molecule has 112 valence electrons. The highest BCUT2D eigenvalue weighted by Crippen LogP contribution is 2.32. The van der Waals surface area contributed by atoms with Crippen LogP contribution in [0.5, 0.6) is 0 Å². The lowest BCUT2D eigenvalue weighted by molar-refractivity contribution is 0.0699. The molecule has 1 aromatic heterocycles. The van der Waals surface area contributed by atoms with Gasteiger partial charge < -0.3 is 5.11 Å². The van der Waals surface area contributed by atoms with E-state index in [-0.39, 0.29) is 5.41 Å². The summed E-state index contributed by atoms with van der Waals surface area (Å²) in [6.07, 6.45) is 0. The Bertz CT molecular complexity index is 639. The number of nitrogens with zero attached hydrogens (tertiary/aromatic N) is 1. The molecule has 1 N–H and O–H groups in total. The SMILES string of the molecule is Cc1ccc(SCc2nc(C(C)(C)C)c(C(=O)O)s2)cc1. The number of hydrogen-bond acceptors (Lipinski definition) is 4. The molecule has 0 saturated heterocycles. The number of aromatic carboxylic acids is 1. The first-order valence-electron chi connectivity index (χ1n) is 6.70. The van der Waals surface area contributed by atoms with Crippen LogP contribution in [0.1, 0.15) is 46.7 Å². The van der Waals surface area contributed by atoms with E-state index in [0.29, 0.717) is 16.3 Å². The minimum Gasteiger partial charge on any atom is -0.477 e. The van der Waals surface area contributed by atoms with Crippen molar-refractivity contribution in [3.63, 3.8) is 0 Å². The largest absolute Gasteiger partial charge is 0.477 e. The Kier molecular flexibility index (Phi) is 4.74. The molecule has 0 spiro atoms. The van der Waals surface area contributed by atoms with Gasteiger partial charge in [-0.05, 0) is 19.1 Å². The monoisotopic (exact) mass is 321 g/mol. The average molecular weight is 321 g/mol. The van der Waals surface area contributed by atoms with Crippen LogP contribution in [0.25, 0.3) is 0 Å². The third-order valence-electron chi connectivity index (χ3n) is 2.96. The van der Waals surface area contributed by atoms with Crippen LogP contribution in [-0.2, 0) is 11.2 Å². The fourth-order valence-corrected chi connectivity index (χ4v) is 3.86. The molecule has 0 amide bonds. The average Bonchev–Trinajstić information content (AvgIpc) is 2.82. The molecule has 0 aliphatic heterocycles. The number of hydrogen-bond donors (Lipinski definition) is 1. The van der Waals surface area contributed by atoms with Crippen molar-refractivity contribution in [2.45, 2.75) is 43.8 Å². The summed E-state index contributed by atoms with van der Waals surface area (Å²) >= 11 is 2.97. The number of carboxylic acid groups (broad SMARTS) is 1. The van der Waals surface area contributed by atoms with E-state index in [0.717, 1.165) is 5.01 Å². The summed E-state index contributed by atoms with van der Waals surface area (Å²) in [4.78, 5) is 17.4. The first-order valence-corrected chi connectivity index (χ1v) is 8.50. The minimum atomic E-state index is -0.885. The van der Waals surface area contributed by atoms with Crippen LogP contribution < -0.4 is 0 Å². The topological polar surface area (TPSA) is 50.2 Å². The molecule has 1 heterocycles. The smallest absolute Gasteiger partial charge is 0.347 e. The number of thioether (sulfide) groups is 1. The number of carboxylic acids is 1. The summed E-state index contributed by atoms with van der Waals surface area (Å²) in [5.41, 5.74) is 1.66. The second-order valence-electron chi connectivity index (χ2n) is 5.94. The van der Waals surface area contributed by atoms with Crippen LogP contribution in [0.3, 0.4) is 0 Å². The van der Waals surface area contributed by atoms with E-state index in [1.165, 1.54) is 21.8 Å². The molecule has 3 nitrogen and oxygen atoms in total. The maximum absolute atomic E-state index is 11.4. The number of thiazole rings is 1. The Morgan fingerprint density at radius 3 is 2.38 bits per heavy atom. The van der Waals surface area contributed by atoms with E-state index in [1.54, 1.807) is 11.8 Å². The number of benzene rings is 1. The Labute approximate surface area is 133 Å². The molecule has 2 rings (SSSR count). The lowest BCUT2D eigenvalue weighted by Gasteiger charge is -2.16. The predicted octanol–water partition coefficient (Wildman–Crippen LogP) is 4.74. The molecule has 2 aromatic rings. The molecular formula is C16H19NO2S2. The zero-order valence-electron chi connectivity index (χ0n) is 12.6. The van der Waals surface area contributed by atoms with Gasteiger partial charge >= 0.3 is 5.97 Å². The van der Waals surface area contributed by atoms with Crippen LogP contribution in [0.15, 0.2) is 29.2 Å². The van der Waals surface area contributed by atoms with Crippen LogP contribution in [0.2, 0.25) is 0 Å². The van der Waals surface area contributed by atoms with Gasteiger partial charge in [0, 0.05) is 10.3 Å². The Hall–Kier alpha value is -1.33. The third kappa shape index (κ3) is 4.08. The Morgan fingerprint density at radius 2 is 1.90 bits per heavy atom. The lowest BCUT2D eigenvalue weighted by Crippen LogP contribution is -2.16. The molecule has 1 aromatic carbocycles. The predicted molar refractivity (Wildman–Crippen MR) is 88.5 cm³/mol. The minimum absolute atomic E-state index is 0.253. The van der Waals surface area contributed by atoms with E-state index in [1.807, 2.05) is 20.8 Å².